The van der Waals surface area contributed by atoms with Crippen LogP contribution in [0.4, 0.5) is 0 Å². The zero-order valence-corrected chi connectivity index (χ0v) is 24.4. The van der Waals surface area contributed by atoms with Crippen LogP contribution in [0.2, 0.25) is 10.0 Å². The molecule has 0 radical (unpaired) electrons. The van der Waals surface area contributed by atoms with E-state index in [-0.39, 0.29) is 16.3 Å². The van der Waals surface area contributed by atoms with Gasteiger partial charge < -0.3 is 18.9 Å². The van der Waals surface area contributed by atoms with Crippen molar-refractivity contribution < 1.29 is 28.5 Å². The smallest absolute Gasteiger partial charge is 0.345 e. The third kappa shape index (κ3) is 8.73. The maximum absolute atomic E-state index is 12.6. The second-order valence-corrected chi connectivity index (χ2v) is 9.74. The molecule has 0 saturated carbocycles. The van der Waals surface area contributed by atoms with E-state index in [0.29, 0.717) is 41.0 Å². The zero-order chi connectivity index (χ0) is 29.9. The Labute approximate surface area is 253 Å². The Kier molecular flexibility index (Phi) is 10.8. The summed E-state index contributed by atoms with van der Waals surface area (Å²) in [5.41, 5.74) is 4.29. The van der Waals surface area contributed by atoms with Crippen molar-refractivity contribution >= 4 is 41.3 Å². The molecule has 0 aliphatic rings. The number of ether oxygens (including phenoxy) is 4. The number of esters is 1. The first-order valence-corrected chi connectivity index (χ1v) is 13.8. The third-order valence-electron chi connectivity index (χ3n) is 5.76. The van der Waals surface area contributed by atoms with Gasteiger partial charge in [-0.2, -0.15) is 5.10 Å². The molecule has 0 bridgehead atoms. The Morgan fingerprint density at radius 1 is 0.881 bits per heavy atom. The van der Waals surface area contributed by atoms with Crippen LogP contribution in [0, 0.1) is 0 Å². The van der Waals surface area contributed by atoms with Gasteiger partial charge in [0.2, 0.25) is 0 Å². The number of carbonyl (C=O) groups is 2. The van der Waals surface area contributed by atoms with Crippen LogP contribution < -0.4 is 24.4 Å². The van der Waals surface area contributed by atoms with Crippen LogP contribution >= 0.6 is 23.2 Å². The lowest BCUT2D eigenvalue weighted by Gasteiger charge is -2.14. The number of hydrazone groups is 1. The lowest BCUT2D eigenvalue weighted by molar-refractivity contribution is -0.127. The Morgan fingerprint density at radius 3 is 2.33 bits per heavy atom. The van der Waals surface area contributed by atoms with Crippen molar-refractivity contribution in [2.45, 2.75) is 26.6 Å². The van der Waals surface area contributed by atoms with Crippen LogP contribution in [0.3, 0.4) is 0 Å². The van der Waals surface area contributed by atoms with Crippen molar-refractivity contribution in [3.05, 3.63) is 118 Å². The molecule has 1 unspecified atom stereocenters. The fraction of sp³-hybridized carbons (Fsp3) is 0.156. The van der Waals surface area contributed by atoms with Crippen molar-refractivity contribution in [3.8, 4) is 23.0 Å². The quantitative estimate of drug-likeness (QED) is 0.0799. The van der Waals surface area contributed by atoms with Gasteiger partial charge in [-0.15, -0.1) is 0 Å². The standard InChI is InChI=1S/C32H28Cl2N2O6/c1-3-39-30-17-23(9-16-29(30)42-32(38)27-15-10-24(33)18-28(27)34)19-35-36-31(37)21(2)41-26-13-11-25(12-14-26)40-20-22-7-5-4-6-8-22/h4-19,21H,3,20H2,1-2H3,(H,36,37). The maximum atomic E-state index is 12.6. The summed E-state index contributed by atoms with van der Waals surface area (Å²) in [5.74, 6) is 0.626. The van der Waals surface area contributed by atoms with Gasteiger partial charge in [0.25, 0.3) is 5.91 Å². The molecule has 4 aromatic carbocycles. The third-order valence-corrected chi connectivity index (χ3v) is 6.31. The molecule has 1 N–H and O–H groups in total. The highest BCUT2D eigenvalue weighted by Gasteiger charge is 2.17. The Morgan fingerprint density at radius 2 is 1.62 bits per heavy atom. The van der Waals surface area contributed by atoms with Gasteiger partial charge in [0.05, 0.1) is 23.4 Å². The molecule has 0 aliphatic carbocycles. The Balaban J connectivity index is 1.30. The molecule has 0 heterocycles. The van der Waals surface area contributed by atoms with Gasteiger partial charge in [0.1, 0.15) is 18.1 Å². The van der Waals surface area contributed by atoms with Crippen molar-refractivity contribution in [2.24, 2.45) is 5.10 Å². The fourth-order valence-electron chi connectivity index (χ4n) is 3.64. The normalized spacial score (nSPS) is 11.5. The summed E-state index contributed by atoms with van der Waals surface area (Å²) in [6.07, 6.45) is 0.631. The van der Waals surface area contributed by atoms with E-state index in [9.17, 15) is 9.59 Å². The lowest BCUT2D eigenvalue weighted by atomic mass is 10.2. The summed E-state index contributed by atoms with van der Waals surface area (Å²) in [5, 5.41) is 4.59. The number of hydrogen-bond donors (Lipinski definition) is 1. The largest absolute Gasteiger partial charge is 0.490 e. The van der Waals surface area contributed by atoms with E-state index in [4.69, 9.17) is 42.1 Å². The number of halogens is 2. The monoisotopic (exact) mass is 606 g/mol. The number of amides is 1. The minimum atomic E-state index is -0.807. The number of nitrogens with zero attached hydrogens (tertiary/aromatic N) is 1. The van der Waals surface area contributed by atoms with E-state index in [1.807, 2.05) is 30.3 Å². The summed E-state index contributed by atoms with van der Waals surface area (Å²) in [4.78, 5) is 25.1. The van der Waals surface area contributed by atoms with E-state index < -0.39 is 18.0 Å². The van der Waals surface area contributed by atoms with E-state index in [1.54, 1.807) is 62.4 Å². The molecule has 0 fully saturated rings. The van der Waals surface area contributed by atoms with Gasteiger partial charge in [-0.25, -0.2) is 10.2 Å². The maximum Gasteiger partial charge on any atom is 0.345 e. The molecule has 4 rings (SSSR count). The average Bonchev–Trinajstić information content (AvgIpc) is 2.98. The fourth-order valence-corrected chi connectivity index (χ4v) is 4.13. The Bertz CT molecular complexity index is 1540. The predicted octanol–water partition coefficient (Wildman–Crippen LogP) is 7.11. The van der Waals surface area contributed by atoms with Gasteiger partial charge in [-0.1, -0.05) is 53.5 Å². The first-order valence-electron chi connectivity index (χ1n) is 13.0. The molecule has 0 aliphatic heterocycles. The molecular weight excluding hydrogens is 579 g/mol. The summed E-state index contributed by atoms with van der Waals surface area (Å²) in [6.45, 7) is 4.21. The highest BCUT2D eigenvalue weighted by molar-refractivity contribution is 6.36. The van der Waals surface area contributed by atoms with Gasteiger partial charge >= 0.3 is 5.97 Å². The van der Waals surface area contributed by atoms with E-state index in [1.165, 1.54) is 18.3 Å². The topological polar surface area (TPSA) is 95.5 Å². The van der Waals surface area contributed by atoms with Crippen LogP contribution in [0.15, 0.2) is 96.1 Å². The average molecular weight is 607 g/mol. The summed E-state index contributed by atoms with van der Waals surface area (Å²) in [7, 11) is 0. The highest BCUT2D eigenvalue weighted by Crippen LogP contribution is 2.30. The van der Waals surface area contributed by atoms with Gasteiger partial charge in [0, 0.05) is 5.02 Å². The molecule has 4 aromatic rings. The molecule has 1 amide bonds. The van der Waals surface area contributed by atoms with Gasteiger partial charge in [0.15, 0.2) is 17.6 Å². The summed E-state index contributed by atoms with van der Waals surface area (Å²) in [6, 6.07) is 26.2. The van der Waals surface area contributed by atoms with Crippen LogP contribution in [-0.4, -0.2) is 30.8 Å². The van der Waals surface area contributed by atoms with E-state index in [0.717, 1.165) is 5.56 Å². The van der Waals surface area contributed by atoms with Crippen LogP contribution in [-0.2, 0) is 11.4 Å². The Hall–Kier alpha value is -4.53. The molecule has 0 saturated heterocycles. The molecule has 1 atom stereocenters. The molecule has 10 heteroatoms. The number of carbonyl (C=O) groups excluding carboxylic acids is 2. The van der Waals surface area contributed by atoms with Crippen molar-refractivity contribution in [2.75, 3.05) is 6.61 Å². The molecule has 0 spiro atoms. The SMILES string of the molecule is CCOc1cc(C=NNC(=O)C(C)Oc2ccc(OCc3ccccc3)cc2)ccc1OC(=O)c1ccc(Cl)cc1Cl. The number of nitrogens with one attached hydrogen (secondary N) is 1. The van der Waals surface area contributed by atoms with Gasteiger partial charge in [-0.05, 0) is 85.6 Å². The predicted molar refractivity (Wildman–Crippen MR) is 162 cm³/mol. The van der Waals surface area contributed by atoms with Crippen LogP contribution in [0.1, 0.15) is 35.3 Å². The molecule has 8 nitrogen and oxygen atoms in total. The van der Waals surface area contributed by atoms with Crippen molar-refractivity contribution in [3.63, 3.8) is 0 Å². The lowest BCUT2D eigenvalue weighted by Crippen LogP contribution is -2.33. The second-order valence-electron chi connectivity index (χ2n) is 8.89. The summed E-state index contributed by atoms with van der Waals surface area (Å²) < 4.78 is 22.6. The first kappa shape index (κ1) is 30.4. The minimum Gasteiger partial charge on any atom is -0.490 e. The minimum absolute atomic E-state index is 0.167. The summed E-state index contributed by atoms with van der Waals surface area (Å²) >= 11 is 12.0. The zero-order valence-electron chi connectivity index (χ0n) is 22.9. The van der Waals surface area contributed by atoms with Crippen molar-refractivity contribution in [1.29, 1.82) is 0 Å². The number of benzene rings is 4. The van der Waals surface area contributed by atoms with Crippen LogP contribution in [0.25, 0.3) is 0 Å². The molecule has 0 aromatic heterocycles. The first-order chi connectivity index (χ1) is 20.3. The second kappa shape index (κ2) is 14.9. The molecular formula is C32H28Cl2N2O6. The van der Waals surface area contributed by atoms with Crippen molar-refractivity contribution in [1.82, 2.24) is 5.43 Å². The van der Waals surface area contributed by atoms with E-state index >= 15 is 0 Å². The number of rotatable bonds is 12. The molecule has 216 valence electrons. The molecule has 42 heavy (non-hydrogen) atoms. The van der Waals surface area contributed by atoms with E-state index in [2.05, 4.69) is 10.5 Å². The van der Waals surface area contributed by atoms with Gasteiger partial charge in [-0.3, -0.25) is 4.79 Å². The van der Waals surface area contributed by atoms with Crippen LogP contribution in [0.5, 0.6) is 23.0 Å². The number of hydrogen-bond acceptors (Lipinski definition) is 7. The highest BCUT2D eigenvalue weighted by atomic mass is 35.5.